The van der Waals surface area contributed by atoms with Gasteiger partial charge in [0.15, 0.2) is 0 Å². The Morgan fingerprint density at radius 1 is 1.30 bits per heavy atom. The summed E-state index contributed by atoms with van der Waals surface area (Å²) in [5.74, 6) is 0.131. The number of carbonyl (C=O) groups excluding carboxylic acids is 1. The van der Waals surface area contributed by atoms with E-state index in [1.165, 1.54) is 0 Å². The molecule has 0 spiro atoms. The van der Waals surface area contributed by atoms with Crippen LogP contribution in [0.15, 0.2) is 24.3 Å². The predicted molar refractivity (Wildman–Crippen MR) is 83.8 cm³/mol. The van der Waals surface area contributed by atoms with Gasteiger partial charge in [-0.15, -0.1) is 0 Å². The second kappa shape index (κ2) is 4.80. The number of anilines is 1. The quantitative estimate of drug-likeness (QED) is 0.880. The highest BCUT2D eigenvalue weighted by Crippen LogP contribution is 2.43. The molecule has 0 radical (unpaired) electrons. The number of rotatable bonds is 2. The van der Waals surface area contributed by atoms with E-state index >= 15 is 0 Å². The van der Waals surface area contributed by atoms with Crippen LogP contribution >= 0.6 is 0 Å². The number of amides is 1. The van der Waals surface area contributed by atoms with Crippen molar-refractivity contribution in [2.45, 2.75) is 59.7 Å². The van der Waals surface area contributed by atoms with E-state index in [0.29, 0.717) is 0 Å². The lowest BCUT2D eigenvalue weighted by molar-refractivity contribution is 0.00197. The highest BCUT2D eigenvalue weighted by molar-refractivity contribution is 6.02. The fraction of sp³-hybridized carbons (Fsp3) is 0.588. The highest BCUT2D eigenvalue weighted by atomic mass is 16.2. The minimum atomic E-state index is -0.395. The molecule has 0 aliphatic carbocycles. The molecule has 0 bridgehead atoms. The van der Waals surface area contributed by atoms with Crippen LogP contribution in [0, 0.1) is 5.41 Å². The number of carbonyl (C=O) groups is 1. The van der Waals surface area contributed by atoms with Gasteiger partial charge < -0.3 is 10.2 Å². The van der Waals surface area contributed by atoms with Gasteiger partial charge in [0.25, 0.3) is 5.91 Å². The van der Waals surface area contributed by atoms with Crippen molar-refractivity contribution in [1.29, 1.82) is 0 Å². The third-order valence-electron chi connectivity index (χ3n) is 4.73. The molecule has 1 aromatic rings. The van der Waals surface area contributed by atoms with Crippen molar-refractivity contribution in [2.24, 2.45) is 5.41 Å². The number of hydrogen-bond donors (Lipinski definition) is 1. The third kappa shape index (κ3) is 2.09. The minimum Gasteiger partial charge on any atom is -0.362 e. The van der Waals surface area contributed by atoms with Gasteiger partial charge in [0.2, 0.25) is 0 Å². The van der Waals surface area contributed by atoms with E-state index in [2.05, 4.69) is 46.9 Å². The van der Waals surface area contributed by atoms with Crippen molar-refractivity contribution >= 4 is 11.6 Å². The topological polar surface area (TPSA) is 32.3 Å². The maximum atomic E-state index is 13.0. The van der Waals surface area contributed by atoms with Gasteiger partial charge in [0.05, 0.1) is 5.56 Å². The van der Waals surface area contributed by atoms with Crippen LogP contribution in [0.4, 0.5) is 5.69 Å². The SMILES string of the molecule is CCC(C)N1C(=O)c2ccccc2NC1(C)C(C)(C)C. The van der Waals surface area contributed by atoms with Crippen LogP contribution in [-0.2, 0) is 0 Å². The Labute approximate surface area is 122 Å². The normalized spacial score (nSPS) is 24.1. The summed E-state index contributed by atoms with van der Waals surface area (Å²) in [6.07, 6.45) is 0.946. The van der Waals surface area contributed by atoms with Crippen molar-refractivity contribution in [1.82, 2.24) is 4.90 Å². The Bertz CT molecular complexity index is 518. The molecule has 2 unspecified atom stereocenters. The van der Waals surface area contributed by atoms with Crippen LogP contribution < -0.4 is 5.32 Å². The maximum absolute atomic E-state index is 13.0. The van der Waals surface area contributed by atoms with E-state index in [0.717, 1.165) is 17.7 Å². The summed E-state index contributed by atoms with van der Waals surface area (Å²) in [5, 5.41) is 3.61. The molecule has 1 aliphatic heterocycles. The lowest BCUT2D eigenvalue weighted by Gasteiger charge is -2.55. The molecule has 1 aliphatic rings. The van der Waals surface area contributed by atoms with E-state index in [9.17, 15) is 4.79 Å². The molecule has 0 saturated heterocycles. The van der Waals surface area contributed by atoms with Gasteiger partial charge in [-0.1, -0.05) is 39.8 Å². The molecule has 3 nitrogen and oxygen atoms in total. The molecule has 1 heterocycles. The average molecular weight is 274 g/mol. The summed E-state index contributed by atoms with van der Waals surface area (Å²) >= 11 is 0. The van der Waals surface area contributed by atoms with E-state index in [-0.39, 0.29) is 17.4 Å². The summed E-state index contributed by atoms with van der Waals surface area (Å²) in [4.78, 5) is 15.0. The molecular formula is C17H26N2O. The molecular weight excluding hydrogens is 248 g/mol. The van der Waals surface area contributed by atoms with E-state index in [4.69, 9.17) is 0 Å². The average Bonchev–Trinajstić information content (AvgIpc) is 2.37. The number of nitrogens with zero attached hydrogens (tertiary/aromatic N) is 1. The first-order valence-electron chi connectivity index (χ1n) is 7.43. The van der Waals surface area contributed by atoms with Crippen molar-refractivity contribution in [3.8, 4) is 0 Å². The Morgan fingerprint density at radius 2 is 1.90 bits per heavy atom. The summed E-state index contributed by atoms with van der Waals surface area (Å²) in [7, 11) is 0. The summed E-state index contributed by atoms with van der Waals surface area (Å²) < 4.78 is 0. The van der Waals surface area contributed by atoms with E-state index in [1.807, 2.05) is 29.2 Å². The molecule has 0 fully saturated rings. The molecule has 1 aromatic carbocycles. The maximum Gasteiger partial charge on any atom is 0.258 e. The molecule has 110 valence electrons. The molecule has 2 rings (SSSR count). The van der Waals surface area contributed by atoms with Crippen molar-refractivity contribution in [3.05, 3.63) is 29.8 Å². The summed E-state index contributed by atoms with van der Waals surface area (Å²) in [6.45, 7) is 12.9. The molecule has 1 N–H and O–H groups in total. The highest BCUT2D eigenvalue weighted by Gasteiger charge is 2.50. The Balaban J connectivity index is 2.60. The van der Waals surface area contributed by atoms with Crippen LogP contribution in [0.25, 0.3) is 0 Å². The summed E-state index contributed by atoms with van der Waals surface area (Å²) in [6, 6.07) is 7.99. The minimum absolute atomic E-state index is 0.0698. The zero-order valence-electron chi connectivity index (χ0n) is 13.4. The van der Waals surface area contributed by atoms with Crippen LogP contribution in [0.1, 0.15) is 58.3 Å². The van der Waals surface area contributed by atoms with Gasteiger partial charge in [-0.2, -0.15) is 0 Å². The fourth-order valence-corrected chi connectivity index (χ4v) is 2.81. The Hall–Kier alpha value is -1.51. The monoisotopic (exact) mass is 274 g/mol. The zero-order valence-corrected chi connectivity index (χ0v) is 13.4. The first-order chi connectivity index (χ1) is 9.22. The van der Waals surface area contributed by atoms with Crippen LogP contribution in [-0.4, -0.2) is 22.5 Å². The predicted octanol–water partition coefficient (Wildman–Crippen LogP) is 4.12. The number of nitrogens with one attached hydrogen (secondary N) is 1. The molecule has 2 atom stereocenters. The van der Waals surface area contributed by atoms with Crippen molar-refractivity contribution in [2.75, 3.05) is 5.32 Å². The van der Waals surface area contributed by atoms with Crippen molar-refractivity contribution in [3.63, 3.8) is 0 Å². The van der Waals surface area contributed by atoms with Gasteiger partial charge in [0.1, 0.15) is 5.66 Å². The number of hydrogen-bond acceptors (Lipinski definition) is 2. The van der Waals surface area contributed by atoms with Crippen molar-refractivity contribution < 1.29 is 4.79 Å². The van der Waals surface area contributed by atoms with Gasteiger partial charge in [-0.25, -0.2) is 0 Å². The first kappa shape index (κ1) is 14.9. The Morgan fingerprint density at radius 3 is 2.45 bits per heavy atom. The summed E-state index contributed by atoms with van der Waals surface area (Å²) in [5.41, 5.74) is 1.25. The zero-order chi connectivity index (χ0) is 15.1. The molecule has 1 amide bonds. The molecule has 0 aromatic heterocycles. The van der Waals surface area contributed by atoms with Crippen LogP contribution in [0.5, 0.6) is 0 Å². The lowest BCUT2D eigenvalue weighted by Crippen LogP contribution is -2.66. The standard InChI is InChI=1S/C17H26N2O/c1-7-12(2)19-15(20)13-10-8-9-11-14(13)18-17(19,6)16(3,4)5/h8-12,18H,7H2,1-6H3. The van der Waals surface area contributed by atoms with Gasteiger partial charge in [-0.3, -0.25) is 4.79 Å². The van der Waals surface area contributed by atoms with Gasteiger partial charge in [0, 0.05) is 17.1 Å². The van der Waals surface area contributed by atoms with Gasteiger partial charge in [-0.05, 0) is 32.4 Å². The second-order valence-corrected chi connectivity index (χ2v) is 6.93. The smallest absolute Gasteiger partial charge is 0.258 e. The third-order valence-corrected chi connectivity index (χ3v) is 4.73. The molecule has 0 saturated carbocycles. The van der Waals surface area contributed by atoms with Crippen LogP contribution in [0.3, 0.4) is 0 Å². The van der Waals surface area contributed by atoms with Gasteiger partial charge >= 0.3 is 0 Å². The number of benzene rings is 1. The van der Waals surface area contributed by atoms with E-state index in [1.54, 1.807) is 0 Å². The largest absolute Gasteiger partial charge is 0.362 e. The fourth-order valence-electron chi connectivity index (χ4n) is 2.81. The molecule has 20 heavy (non-hydrogen) atoms. The van der Waals surface area contributed by atoms with Crippen LogP contribution in [0.2, 0.25) is 0 Å². The second-order valence-electron chi connectivity index (χ2n) is 6.93. The van der Waals surface area contributed by atoms with E-state index < -0.39 is 5.66 Å². The number of para-hydroxylation sites is 1. The first-order valence-corrected chi connectivity index (χ1v) is 7.43. The Kier molecular flexibility index (Phi) is 3.57. The number of fused-ring (bicyclic) bond motifs is 1. The molecule has 3 heteroatoms. The lowest BCUT2D eigenvalue weighted by atomic mass is 9.77.